The van der Waals surface area contributed by atoms with Crippen molar-refractivity contribution >= 4 is 58.1 Å². The molecule has 0 spiro atoms. The predicted octanol–water partition coefficient (Wildman–Crippen LogP) is 6.04. The fourth-order valence-electron chi connectivity index (χ4n) is 3.97. The third-order valence-electron chi connectivity index (χ3n) is 6.09. The van der Waals surface area contributed by atoms with E-state index in [9.17, 15) is 24.4 Å². The highest BCUT2D eigenvalue weighted by atomic mass is 35.5. The van der Waals surface area contributed by atoms with E-state index < -0.39 is 29.6 Å². The van der Waals surface area contributed by atoms with E-state index in [0.29, 0.717) is 40.8 Å². The Morgan fingerprint density at radius 1 is 1.09 bits per heavy atom. The zero-order chi connectivity index (χ0) is 30.9. The monoisotopic (exact) mass is 619 g/mol. The molecule has 1 N–H and O–H groups in total. The average molecular weight is 620 g/mol. The molecule has 1 aliphatic heterocycles. The zero-order valence-electron chi connectivity index (χ0n) is 23.2. The van der Waals surface area contributed by atoms with Gasteiger partial charge >= 0.3 is 5.97 Å². The summed E-state index contributed by atoms with van der Waals surface area (Å²) in [5, 5.41) is 11.4. The molecule has 1 aliphatic rings. The number of thioether (sulfide) groups is 1. The average Bonchev–Trinajstić information content (AvgIpc) is 3.27. The van der Waals surface area contributed by atoms with Gasteiger partial charge in [-0.1, -0.05) is 42.8 Å². The van der Waals surface area contributed by atoms with Crippen molar-refractivity contribution in [3.63, 3.8) is 0 Å². The number of nitrogens with zero attached hydrogens (tertiary/aromatic N) is 2. The number of hydrogen-bond acceptors (Lipinski definition) is 9. The zero-order valence-corrected chi connectivity index (χ0v) is 24.8. The molecule has 3 aromatic carbocycles. The number of nitriles is 1. The van der Waals surface area contributed by atoms with E-state index in [2.05, 4.69) is 11.4 Å². The Morgan fingerprint density at radius 2 is 1.88 bits per heavy atom. The Morgan fingerprint density at radius 3 is 2.63 bits per heavy atom. The Labute approximate surface area is 257 Å². The van der Waals surface area contributed by atoms with E-state index in [1.165, 1.54) is 31.4 Å². The third-order valence-corrected chi connectivity index (χ3v) is 7.33. The summed E-state index contributed by atoms with van der Waals surface area (Å²) in [5.41, 5.74) is 2.14. The second-order valence-electron chi connectivity index (χ2n) is 9.11. The van der Waals surface area contributed by atoms with Crippen molar-refractivity contribution in [2.75, 3.05) is 25.6 Å². The summed E-state index contributed by atoms with van der Waals surface area (Å²) in [5.74, 6) is -1.07. The molecule has 0 aromatic heterocycles. The van der Waals surface area contributed by atoms with Gasteiger partial charge in [-0.05, 0) is 66.2 Å². The molecule has 12 heteroatoms. The van der Waals surface area contributed by atoms with Crippen LogP contribution in [0.2, 0.25) is 5.02 Å². The molecule has 4 rings (SSSR count). The van der Waals surface area contributed by atoms with Gasteiger partial charge in [0, 0.05) is 11.3 Å². The second-order valence-corrected chi connectivity index (χ2v) is 10.5. The summed E-state index contributed by atoms with van der Waals surface area (Å²) < 4.78 is 16.4. The number of halogens is 1. The number of carbonyl (C=O) groups excluding carboxylic acids is 4. The SMILES string of the molecule is CCCOC(=O)c1cc(NC(=O)CN2C(=O)S/C(=C\c3ccc(OCc4ccccc4C#N)c(OC)c3)C2=O)ccc1Cl. The lowest BCUT2D eigenvalue weighted by Crippen LogP contribution is -2.36. The van der Waals surface area contributed by atoms with Crippen LogP contribution in [0.25, 0.3) is 6.08 Å². The molecule has 0 aliphatic carbocycles. The molecule has 0 unspecified atom stereocenters. The first-order chi connectivity index (χ1) is 20.7. The van der Waals surface area contributed by atoms with E-state index in [-0.39, 0.29) is 34.4 Å². The number of ether oxygens (including phenoxy) is 3. The lowest BCUT2D eigenvalue weighted by molar-refractivity contribution is -0.127. The number of carbonyl (C=O) groups is 4. The molecule has 220 valence electrons. The van der Waals surface area contributed by atoms with Crippen LogP contribution in [-0.4, -0.2) is 48.2 Å². The van der Waals surface area contributed by atoms with Crippen LogP contribution in [0.15, 0.2) is 65.6 Å². The lowest BCUT2D eigenvalue weighted by Gasteiger charge is -2.13. The van der Waals surface area contributed by atoms with Crippen molar-refractivity contribution in [3.8, 4) is 17.6 Å². The highest BCUT2D eigenvalue weighted by molar-refractivity contribution is 8.18. The largest absolute Gasteiger partial charge is 0.493 e. The summed E-state index contributed by atoms with van der Waals surface area (Å²) in [6.45, 7) is 1.71. The van der Waals surface area contributed by atoms with Crippen molar-refractivity contribution in [1.29, 1.82) is 5.26 Å². The highest BCUT2D eigenvalue weighted by Gasteiger charge is 2.36. The number of amides is 3. The molecule has 3 amide bonds. The lowest BCUT2D eigenvalue weighted by atomic mass is 10.1. The van der Waals surface area contributed by atoms with Gasteiger partial charge in [-0.2, -0.15) is 5.26 Å². The van der Waals surface area contributed by atoms with Gasteiger partial charge in [0.05, 0.1) is 40.8 Å². The topological polar surface area (TPSA) is 135 Å². The van der Waals surface area contributed by atoms with Crippen LogP contribution in [0.1, 0.15) is 40.4 Å². The van der Waals surface area contributed by atoms with Gasteiger partial charge < -0.3 is 19.5 Å². The van der Waals surface area contributed by atoms with E-state index in [4.69, 9.17) is 25.8 Å². The van der Waals surface area contributed by atoms with Crippen LogP contribution in [0.3, 0.4) is 0 Å². The van der Waals surface area contributed by atoms with Crippen LogP contribution in [0.4, 0.5) is 10.5 Å². The van der Waals surface area contributed by atoms with Crippen LogP contribution >= 0.6 is 23.4 Å². The molecule has 1 heterocycles. The molecule has 0 bridgehead atoms. The Kier molecular flexibility index (Phi) is 10.4. The van der Waals surface area contributed by atoms with Gasteiger partial charge in [-0.15, -0.1) is 0 Å². The number of benzene rings is 3. The second kappa shape index (κ2) is 14.4. The van der Waals surface area contributed by atoms with Gasteiger partial charge in [0.2, 0.25) is 5.91 Å². The van der Waals surface area contributed by atoms with Crippen LogP contribution in [0, 0.1) is 11.3 Å². The number of anilines is 1. The van der Waals surface area contributed by atoms with Gasteiger partial charge in [-0.3, -0.25) is 19.3 Å². The fraction of sp³-hybridized carbons (Fsp3) is 0.194. The number of imide groups is 1. The maximum atomic E-state index is 13.0. The molecular formula is C31H26ClN3O7S. The molecule has 0 radical (unpaired) electrons. The highest BCUT2D eigenvalue weighted by Crippen LogP contribution is 2.35. The Balaban J connectivity index is 1.41. The van der Waals surface area contributed by atoms with Gasteiger partial charge in [0.25, 0.3) is 11.1 Å². The Bertz CT molecular complexity index is 1650. The Hall–Kier alpha value is -4.79. The fourth-order valence-corrected chi connectivity index (χ4v) is 5.00. The van der Waals surface area contributed by atoms with E-state index in [1.54, 1.807) is 36.4 Å². The number of nitrogens with one attached hydrogen (secondary N) is 1. The summed E-state index contributed by atoms with van der Waals surface area (Å²) >= 11 is 6.81. The van der Waals surface area contributed by atoms with Crippen molar-refractivity contribution in [1.82, 2.24) is 4.90 Å². The minimum atomic E-state index is -0.639. The van der Waals surface area contributed by atoms with Crippen molar-refractivity contribution in [2.45, 2.75) is 20.0 Å². The number of hydrogen-bond donors (Lipinski definition) is 1. The molecule has 3 aromatic rings. The van der Waals surface area contributed by atoms with Crippen molar-refractivity contribution in [3.05, 3.63) is 92.8 Å². The maximum Gasteiger partial charge on any atom is 0.339 e. The molecule has 10 nitrogen and oxygen atoms in total. The minimum absolute atomic E-state index is 0.0841. The van der Waals surface area contributed by atoms with Crippen molar-refractivity contribution < 1.29 is 33.4 Å². The van der Waals surface area contributed by atoms with Gasteiger partial charge in [0.1, 0.15) is 13.2 Å². The summed E-state index contributed by atoms with van der Waals surface area (Å²) in [6.07, 6.45) is 2.16. The smallest absolute Gasteiger partial charge is 0.339 e. The van der Waals surface area contributed by atoms with E-state index >= 15 is 0 Å². The minimum Gasteiger partial charge on any atom is -0.493 e. The first-order valence-electron chi connectivity index (χ1n) is 13.0. The van der Waals surface area contributed by atoms with Gasteiger partial charge in [-0.25, -0.2) is 4.79 Å². The first-order valence-corrected chi connectivity index (χ1v) is 14.2. The number of methoxy groups -OCH3 is 1. The summed E-state index contributed by atoms with van der Waals surface area (Å²) in [7, 11) is 1.47. The predicted molar refractivity (Wildman–Crippen MR) is 162 cm³/mol. The van der Waals surface area contributed by atoms with Crippen LogP contribution < -0.4 is 14.8 Å². The molecule has 1 saturated heterocycles. The number of rotatable bonds is 11. The molecule has 43 heavy (non-hydrogen) atoms. The molecule has 0 atom stereocenters. The van der Waals surface area contributed by atoms with Crippen LogP contribution in [-0.2, 0) is 20.9 Å². The van der Waals surface area contributed by atoms with E-state index in [1.807, 2.05) is 13.0 Å². The first kappa shape index (κ1) is 31.2. The summed E-state index contributed by atoms with van der Waals surface area (Å²) in [4.78, 5) is 51.5. The molecule has 1 fully saturated rings. The summed E-state index contributed by atoms with van der Waals surface area (Å²) in [6, 6.07) is 18.5. The van der Waals surface area contributed by atoms with Crippen molar-refractivity contribution in [2.24, 2.45) is 0 Å². The normalized spacial score (nSPS) is 13.5. The van der Waals surface area contributed by atoms with Gasteiger partial charge in [0.15, 0.2) is 11.5 Å². The molecular weight excluding hydrogens is 594 g/mol. The maximum absolute atomic E-state index is 13.0. The van der Waals surface area contributed by atoms with E-state index in [0.717, 1.165) is 10.5 Å². The number of esters is 1. The quantitative estimate of drug-likeness (QED) is 0.201. The molecule has 0 saturated carbocycles. The third kappa shape index (κ3) is 7.74. The van der Waals surface area contributed by atoms with Crippen LogP contribution in [0.5, 0.6) is 11.5 Å². The standard InChI is InChI=1S/C31H26ClN3O7S/c1-3-12-41-30(38)23-15-22(9-10-24(23)32)34-28(36)17-35-29(37)27(43-31(35)39)14-19-8-11-25(26(13-19)40-2)42-18-21-7-5-4-6-20(21)16-33/h4-11,13-15H,3,12,17-18H2,1-2H3,(H,34,36)/b27-14-.